The molecule has 0 saturated carbocycles. The summed E-state index contributed by atoms with van der Waals surface area (Å²) in [5.41, 5.74) is 2.79. The van der Waals surface area contributed by atoms with Crippen LogP contribution in [0.5, 0.6) is 5.75 Å². The Kier molecular flexibility index (Phi) is 6.30. The lowest BCUT2D eigenvalue weighted by Gasteiger charge is -2.27. The van der Waals surface area contributed by atoms with Crippen LogP contribution in [0.2, 0.25) is 0 Å². The summed E-state index contributed by atoms with van der Waals surface area (Å²) in [5.74, 6) is 1.04. The molecule has 7 heteroatoms. The van der Waals surface area contributed by atoms with Gasteiger partial charge in [0.2, 0.25) is 5.82 Å². The van der Waals surface area contributed by atoms with Crippen molar-refractivity contribution >= 4 is 44.0 Å². The number of hydrogen-bond donors (Lipinski definition) is 1. The smallest absolute Gasteiger partial charge is 0.282 e. The van der Waals surface area contributed by atoms with Crippen LogP contribution >= 0.6 is 15.9 Å². The summed E-state index contributed by atoms with van der Waals surface area (Å²) in [7, 11) is 0. The Morgan fingerprint density at radius 1 is 0.947 bits per heavy atom. The number of nitrogens with zero attached hydrogens (tertiary/aromatic N) is 3. The minimum Gasteiger partial charge on any atom is -0.507 e. The number of aromatic hydroxyl groups is 1. The van der Waals surface area contributed by atoms with Crippen LogP contribution in [0.1, 0.15) is 58.2 Å². The molecule has 0 fully saturated rings. The van der Waals surface area contributed by atoms with E-state index in [0.29, 0.717) is 33.8 Å². The average Bonchev–Trinajstić information content (AvgIpc) is 3.25. The van der Waals surface area contributed by atoms with Gasteiger partial charge in [-0.2, -0.15) is 9.78 Å². The van der Waals surface area contributed by atoms with Gasteiger partial charge in [-0.05, 0) is 64.9 Å². The van der Waals surface area contributed by atoms with Gasteiger partial charge in [0.1, 0.15) is 11.3 Å². The highest BCUT2D eigenvalue weighted by Gasteiger charge is 2.26. The van der Waals surface area contributed by atoms with Gasteiger partial charge in [-0.3, -0.25) is 4.79 Å². The van der Waals surface area contributed by atoms with E-state index >= 15 is 0 Å². The van der Waals surface area contributed by atoms with Crippen molar-refractivity contribution in [3.63, 3.8) is 0 Å². The first-order valence-corrected chi connectivity index (χ1v) is 13.3. The van der Waals surface area contributed by atoms with Crippen molar-refractivity contribution in [1.82, 2.24) is 9.66 Å². The Hall–Kier alpha value is -3.71. The van der Waals surface area contributed by atoms with E-state index in [4.69, 9.17) is 9.40 Å². The second-order valence-electron chi connectivity index (χ2n) is 11.6. The highest BCUT2D eigenvalue weighted by molar-refractivity contribution is 9.10. The summed E-state index contributed by atoms with van der Waals surface area (Å²) in [6, 6.07) is 18.6. The van der Waals surface area contributed by atoms with Crippen molar-refractivity contribution in [1.29, 1.82) is 0 Å². The Morgan fingerprint density at radius 2 is 1.61 bits per heavy atom. The number of hydrogen-bond acceptors (Lipinski definition) is 5. The molecule has 38 heavy (non-hydrogen) atoms. The fourth-order valence-corrected chi connectivity index (χ4v) is 4.89. The molecule has 6 nitrogen and oxygen atoms in total. The third kappa shape index (κ3) is 4.78. The lowest BCUT2D eigenvalue weighted by Crippen LogP contribution is -2.20. The van der Waals surface area contributed by atoms with Crippen molar-refractivity contribution in [2.75, 3.05) is 0 Å². The summed E-state index contributed by atoms with van der Waals surface area (Å²) in [5, 5.41) is 17.1. The Labute approximate surface area is 229 Å². The first kappa shape index (κ1) is 25.9. The van der Waals surface area contributed by atoms with Crippen LogP contribution in [0.4, 0.5) is 0 Å². The minimum atomic E-state index is -0.297. The molecule has 0 aliphatic rings. The van der Waals surface area contributed by atoms with Crippen molar-refractivity contribution in [3.8, 4) is 17.3 Å². The van der Waals surface area contributed by atoms with Crippen LogP contribution < -0.4 is 5.56 Å². The van der Waals surface area contributed by atoms with Crippen molar-refractivity contribution in [2.24, 2.45) is 5.10 Å². The van der Waals surface area contributed by atoms with Crippen LogP contribution in [0, 0.1) is 0 Å². The maximum Gasteiger partial charge on any atom is 0.282 e. The summed E-state index contributed by atoms with van der Waals surface area (Å²) in [6.07, 6.45) is 1.64. The first-order valence-electron chi connectivity index (χ1n) is 12.5. The Bertz CT molecular complexity index is 1750. The zero-order valence-electron chi connectivity index (χ0n) is 22.3. The summed E-state index contributed by atoms with van der Waals surface area (Å²) in [4.78, 5) is 18.4. The Balaban J connectivity index is 1.73. The quantitative estimate of drug-likeness (QED) is 0.224. The number of rotatable bonds is 3. The van der Waals surface area contributed by atoms with E-state index in [1.54, 1.807) is 18.3 Å². The molecule has 0 spiro atoms. The van der Waals surface area contributed by atoms with Gasteiger partial charge in [-0.25, -0.2) is 4.98 Å². The van der Waals surface area contributed by atoms with Crippen LogP contribution in [0.15, 0.2) is 79.4 Å². The lowest BCUT2D eigenvalue weighted by molar-refractivity contribution is 0.423. The summed E-state index contributed by atoms with van der Waals surface area (Å²) < 4.78 is 8.31. The molecule has 0 atom stereocenters. The molecule has 0 unspecified atom stereocenters. The number of aromatic nitrogens is 2. The number of phenolic OH excluding ortho intramolecular Hbond substituents is 1. The standard InChI is InChI=1S/C31H30BrN3O3/c1-30(2,3)22-13-18(14-23(27(22)36)31(4,5)6)17-33-35-28(34-24-10-8-7-9-21(24)29(35)37)26-16-19-15-20(32)11-12-25(19)38-26/h7-17,36H,1-6H3. The average molecular weight is 573 g/mol. The van der Waals surface area contributed by atoms with Gasteiger partial charge in [0.05, 0.1) is 17.1 Å². The van der Waals surface area contributed by atoms with Crippen molar-refractivity contribution in [3.05, 3.63) is 92.2 Å². The van der Waals surface area contributed by atoms with Gasteiger partial charge in [-0.1, -0.05) is 69.6 Å². The number of fused-ring (bicyclic) bond motifs is 2. The van der Waals surface area contributed by atoms with E-state index in [9.17, 15) is 9.90 Å². The largest absolute Gasteiger partial charge is 0.507 e. The third-order valence-corrected chi connectivity index (χ3v) is 7.02. The molecule has 5 rings (SSSR count). The topological polar surface area (TPSA) is 80.6 Å². The van der Waals surface area contributed by atoms with E-state index in [1.165, 1.54) is 4.68 Å². The molecule has 0 radical (unpaired) electrons. The molecule has 1 N–H and O–H groups in total. The molecule has 5 aromatic rings. The molecule has 2 heterocycles. The van der Waals surface area contributed by atoms with Gasteiger partial charge in [0, 0.05) is 21.0 Å². The van der Waals surface area contributed by atoms with Crippen LogP contribution in [-0.2, 0) is 10.8 Å². The van der Waals surface area contributed by atoms with E-state index in [2.05, 4.69) is 62.6 Å². The zero-order chi connectivity index (χ0) is 27.4. The molecule has 0 saturated heterocycles. The summed E-state index contributed by atoms with van der Waals surface area (Å²) >= 11 is 3.50. The fourth-order valence-electron chi connectivity index (χ4n) is 4.51. The van der Waals surface area contributed by atoms with Gasteiger partial charge in [0.15, 0.2) is 5.76 Å². The minimum absolute atomic E-state index is 0.289. The number of furan rings is 1. The SMILES string of the molecule is CC(C)(C)c1cc(C=Nn2c(-c3cc4cc(Br)ccc4o3)nc3ccccc3c2=O)cc(C(C)(C)C)c1O. The molecule has 3 aromatic carbocycles. The number of halogens is 1. The lowest BCUT2D eigenvalue weighted by atomic mass is 9.78. The maximum absolute atomic E-state index is 13.6. The number of benzene rings is 3. The van der Waals surface area contributed by atoms with Crippen LogP contribution in [-0.4, -0.2) is 21.0 Å². The summed E-state index contributed by atoms with van der Waals surface area (Å²) in [6.45, 7) is 12.4. The fraction of sp³-hybridized carbons (Fsp3) is 0.258. The monoisotopic (exact) mass is 571 g/mol. The van der Waals surface area contributed by atoms with E-state index < -0.39 is 0 Å². The number of para-hydroxylation sites is 1. The molecule has 0 bridgehead atoms. The van der Waals surface area contributed by atoms with Crippen LogP contribution in [0.3, 0.4) is 0 Å². The normalized spacial score (nSPS) is 12.7. The molecule has 0 aliphatic carbocycles. The zero-order valence-corrected chi connectivity index (χ0v) is 23.9. The van der Waals surface area contributed by atoms with Crippen molar-refractivity contribution in [2.45, 2.75) is 52.4 Å². The van der Waals surface area contributed by atoms with Gasteiger partial charge >= 0.3 is 0 Å². The highest BCUT2D eigenvalue weighted by Crippen LogP contribution is 2.39. The van der Waals surface area contributed by atoms with Gasteiger partial charge in [0.25, 0.3) is 5.56 Å². The van der Waals surface area contributed by atoms with E-state index in [-0.39, 0.29) is 16.4 Å². The first-order chi connectivity index (χ1) is 17.8. The Morgan fingerprint density at radius 3 is 2.26 bits per heavy atom. The molecule has 194 valence electrons. The second kappa shape index (κ2) is 9.24. The molecule has 0 amide bonds. The molecule has 2 aromatic heterocycles. The predicted molar refractivity (Wildman–Crippen MR) is 157 cm³/mol. The molecular formula is C31H30BrN3O3. The molecule has 0 aliphatic heterocycles. The van der Waals surface area contributed by atoms with E-state index in [0.717, 1.165) is 26.5 Å². The maximum atomic E-state index is 13.6. The predicted octanol–water partition coefficient (Wildman–Crippen LogP) is 7.76. The van der Waals surface area contributed by atoms with E-state index in [1.807, 2.05) is 48.5 Å². The third-order valence-electron chi connectivity index (χ3n) is 6.52. The molecular weight excluding hydrogens is 542 g/mol. The van der Waals surface area contributed by atoms with Crippen LogP contribution in [0.25, 0.3) is 33.5 Å². The number of phenols is 1. The highest BCUT2D eigenvalue weighted by atomic mass is 79.9. The van der Waals surface area contributed by atoms with Gasteiger partial charge < -0.3 is 9.52 Å². The van der Waals surface area contributed by atoms with Gasteiger partial charge in [-0.15, -0.1) is 0 Å². The van der Waals surface area contributed by atoms with Crippen molar-refractivity contribution < 1.29 is 9.52 Å². The second-order valence-corrected chi connectivity index (χ2v) is 12.5.